The fraction of sp³-hybridized carbons (Fsp3) is 0.455. The van der Waals surface area contributed by atoms with Crippen molar-refractivity contribution < 1.29 is 14.6 Å². The molecule has 0 saturated heterocycles. The summed E-state index contributed by atoms with van der Waals surface area (Å²) < 4.78 is 4.55. The van der Waals surface area contributed by atoms with Crippen molar-refractivity contribution in [2.75, 3.05) is 7.11 Å². The quantitative estimate of drug-likeness (QED) is 0.766. The molecule has 0 aromatic carbocycles. The second-order valence-electron chi connectivity index (χ2n) is 3.55. The maximum Gasteiger partial charge on any atom is 0.356 e. The summed E-state index contributed by atoms with van der Waals surface area (Å²) in [6.07, 6.45) is 2.06. The molecule has 0 saturated carbocycles. The number of methoxy groups -OCH3 is 1. The van der Waals surface area contributed by atoms with Crippen LogP contribution in [0, 0.1) is 0 Å². The molecule has 1 N–H and O–H groups in total. The van der Waals surface area contributed by atoms with Crippen molar-refractivity contribution in [2.45, 2.75) is 25.9 Å². The Bertz CT molecular complexity index is 361. The SMILES string of the molecule is CCC(C)(O)c1ccnc(C(=O)OC)c1. The number of nitrogens with zero attached hydrogens (tertiary/aromatic N) is 1. The van der Waals surface area contributed by atoms with Crippen LogP contribution in [-0.2, 0) is 10.3 Å². The largest absolute Gasteiger partial charge is 0.464 e. The van der Waals surface area contributed by atoms with Crippen LogP contribution in [0.2, 0.25) is 0 Å². The smallest absolute Gasteiger partial charge is 0.356 e. The molecule has 15 heavy (non-hydrogen) atoms. The number of aromatic nitrogens is 1. The zero-order valence-electron chi connectivity index (χ0n) is 9.15. The van der Waals surface area contributed by atoms with Gasteiger partial charge in [0, 0.05) is 6.20 Å². The van der Waals surface area contributed by atoms with E-state index in [0.717, 1.165) is 0 Å². The molecule has 0 bridgehead atoms. The van der Waals surface area contributed by atoms with Crippen molar-refractivity contribution in [1.29, 1.82) is 0 Å². The van der Waals surface area contributed by atoms with E-state index < -0.39 is 11.6 Å². The van der Waals surface area contributed by atoms with Crippen molar-refractivity contribution in [2.24, 2.45) is 0 Å². The molecule has 0 fully saturated rings. The molecule has 1 aromatic heterocycles. The predicted molar refractivity (Wildman–Crippen MR) is 55.4 cm³/mol. The number of pyridine rings is 1. The summed E-state index contributed by atoms with van der Waals surface area (Å²) in [7, 11) is 1.30. The predicted octanol–water partition coefficient (Wildman–Crippen LogP) is 1.49. The fourth-order valence-corrected chi connectivity index (χ4v) is 1.19. The molecule has 0 radical (unpaired) electrons. The molecule has 1 aromatic rings. The number of rotatable bonds is 3. The summed E-state index contributed by atoms with van der Waals surface area (Å²) in [4.78, 5) is 15.1. The average molecular weight is 209 g/mol. The van der Waals surface area contributed by atoms with Gasteiger partial charge in [0.1, 0.15) is 5.69 Å². The van der Waals surface area contributed by atoms with E-state index in [1.807, 2.05) is 6.92 Å². The molecule has 1 atom stereocenters. The fourth-order valence-electron chi connectivity index (χ4n) is 1.19. The highest BCUT2D eigenvalue weighted by Crippen LogP contribution is 2.23. The van der Waals surface area contributed by atoms with Crippen molar-refractivity contribution in [3.8, 4) is 0 Å². The van der Waals surface area contributed by atoms with Gasteiger partial charge < -0.3 is 9.84 Å². The third-order valence-corrected chi connectivity index (χ3v) is 2.46. The van der Waals surface area contributed by atoms with Gasteiger partial charge in [-0.2, -0.15) is 0 Å². The van der Waals surface area contributed by atoms with E-state index in [-0.39, 0.29) is 5.69 Å². The van der Waals surface area contributed by atoms with Gasteiger partial charge >= 0.3 is 5.97 Å². The van der Waals surface area contributed by atoms with Gasteiger partial charge in [-0.3, -0.25) is 0 Å². The van der Waals surface area contributed by atoms with Crippen LogP contribution in [0.4, 0.5) is 0 Å². The molecule has 82 valence electrons. The Morgan fingerprint density at radius 2 is 2.33 bits per heavy atom. The van der Waals surface area contributed by atoms with Crippen LogP contribution in [0.1, 0.15) is 36.3 Å². The summed E-state index contributed by atoms with van der Waals surface area (Å²) in [5.74, 6) is -0.497. The molecule has 1 heterocycles. The monoisotopic (exact) mass is 209 g/mol. The lowest BCUT2D eigenvalue weighted by atomic mass is 9.94. The van der Waals surface area contributed by atoms with Crippen molar-refractivity contribution in [3.05, 3.63) is 29.6 Å². The van der Waals surface area contributed by atoms with E-state index in [0.29, 0.717) is 12.0 Å². The molecular formula is C11H15NO3. The minimum atomic E-state index is -0.939. The Morgan fingerprint density at radius 1 is 1.67 bits per heavy atom. The van der Waals surface area contributed by atoms with Gasteiger partial charge in [-0.15, -0.1) is 0 Å². The molecule has 4 heteroatoms. The van der Waals surface area contributed by atoms with Gasteiger partial charge in [0.2, 0.25) is 0 Å². The maximum atomic E-state index is 11.2. The second kappa shape index (κ2) is 4.40. The maximum absolute atomic E-state index is 11.2. The lowest BCUT2D eigenvalue weighted by molar-refractivity contribution is 0.0522. The van der Waals surface area contributed by atoms with Crippen LogP contribution < -0.4 is 0 Å². The van der Waals surface area contributed by atoms with E-state index in [2.05, 4.69) is 9.72 Å². The number of carbonyl (C=O) groups is 1. The summed E-state index contributed by atoms with van der Waals surface area (Å²) in [6.45, 7) is 3.57. The van der Waals surface area contributed by atoms with E-state index in [1.165, 1.54) is 13.3 Å². The number of hydrogen-bond donors (Lipinski definition) is 1. The highest BCUT2D eigenvalue weighted by Gasteiger charge is 2.22. The minimum Gasteiger partial charge on any atom is -0.464 e. The van der Waals surface area contributed by atoms with Crippen LogP contribution in [0.3, 0.4) is 0 Å². The summed E-state index contributed by atoms with van der Waals surface area (Å²) in [5.41, 5.74) is -0.0600. The lowest BCUT2D eigenvalue weighted by Crippen LogP contribution is -2.20. The van der Waals surface area contributed by atoms with Crippen LogP contribution in [0.25, 0.3) is 0 Å². The number of hydrogen-bond acceptors (Lipinski definition) is 4. The first-order chi connectivity index (χ1) is 7.01. The minimum absolute atomic E-state index is 0.212. The van der Waals surface area contributed by atoms with Gasteiger partial charge in [-0.25, -0.2) is 9.78 Å². The van der Waals surface area contributed by atoms with Crippen molar-refractivity contribution in [3.63, 3.8) is 0 Å². The van der Waals surface area contributed by atoms with Gasteiger partial charge in [0.15, 0.2) is 0 Å². The number of carbonyl (C=O) groups excluding carboxylic acids is 1. The second-order valence-corrected chi connectivity index (χ2v) is 3.55. The highest BCUT2D eigenvalue weighted by atomic mass is 16.5. The Kier molecular flexibility index (Phi) is 3.42. The van der Waals surface area contributed by atoms with Gasteiger partial charge in [0.25, 0.3) is 0 Å². The zero-order valence-corrected chi connectivity index (χ0v) is 9.15. The molecule has 0 aliphatic heterocycles. The first kappa shape index (κ1) is 11.7. The molecule has 0 aliphatic carbocycles. The number of aliphatic hydroxyl groups is 1. The van der Waals surface area contributed by atoms with Crippen LogP contribution in [0.5, 0.6) is 0 Å². The van der Waals surface area contributed by atoms with E-state index in [4.69, 9.17) is 0 Å². The normalized spacial score (nSPS) is 14.4. The van der Waals surface area contributed by atoms with Crippen LogP contribution >= 0.6 is 0 Å². The van der Waals surface area contributed by atoms with Gasteiger partial charge in [-0.05, 0) is 31.0 Å². The number of ether oxygens (including phenoxy) is 1. The molecule has 1 rings (SSSR count). The van der Waals surface area contributed by atoms with E-state index in [9.17, 15) is 9.90 Å². The first-order valence-electron chi connectivity index (χ1n) is 4.78. The molecule has 0 aliphatic rings. The molecule has 0 spiro atoms. The summed E-state index contributed by atoms with van der Waals surface area (Å²) in [6, 6.07) is 3.24. The third kappa shape index (κ3) is 2.53. The Labute approximate surface area is 88.9 Å². The van der Waals surface area contributed by atoms with Crippen molar-refractivity contribution in [1.82, 2.24) is 4.98 Å². The summed E-state index contributed by atoms with van der Waals surface area (Å²) >= 11 is 0. The Hall–Kier alpha value is -1.42. The standard InChI is InChI=1S/C11H15NO3/c1-4-11(2,14)8-5-6-12-9(7-8)10(13)15-3/h5-7,14H,4H2,1-3H3. The highest BCUT2D eigenvalue weighted by molar-refractivity contribution is 5.87. The molecule has 4 nitrogen and oxygen atoms in total. The summed E-state index contributed by atoms with van der Waals surface area (Å²) in [5, 5.41) is 9.99. The zero-order chi connectivity index (χ0) is 11.5. The topological polar surface area (TPSA) is 59.4 Å². The van der Waals surface area contributed by atoms with E-state index >= 15 is 0 Å². The molecule has 0 amide bonds. The van der Waals surface area contributed by atoms with Gasteiger partial charge in [-0.1, -0.05) is 6.92 Å². The average Bonchev–Trinajstić information content (AvgIpc) is 2.28. The van der Waals surface area contributed by atoms with E-state index in [1.54, 1.807) is 19.1 Å². The number of esters is 1. The molecular weight excluding hydrogens is 194 g/mol. The van der Waals surface area contributed by atoms with Crippen LogP contribution in [0.15, 0.2) is 18.3 Å². The van der Waals surface area contributed by atoms with Crippen molar-refractivity contribution >= 4 is 5.97 Å². The van der Waals surface area contributed by atoms with Gasteiger partial charge in [0.05, 0.1) is 12.7 Å². The molecule has 1 unspecified atom stereocenters. The Morgan fingerprint density at radius 3 is 2.87 bits per heavy atom. The van der Waals surface area contributed by atoms with Crippen LogP contribution in [-0.4, -0.2) is 23.2 Å². The Balaban J connectivity index is 3.08. The third-order valence-electron chi connectivity index (χ3n) is 2.46. The first-order valence-corrected chi connectivity index (χ1v) is 4.78. The lowest BCUT2D eigenvalue weighted by Gasteiger charge is -2.21.